The fourth-order valence-electron chi connectivity index (χ4n) is 1.58. The van der Waals surface area contributed by atoms with Crippen LogP contribution in [0.25, 0.3) is 11.0 Å². The number of fused-ring (bicyclic) bond motifs is 1. The molecule has 0 bridgehead atoms. The maximum Gasteiger partial charge on any atom is 0.322 e. The summed E-state index contributed by atoms with van der Waals surface area (Å²) in [6.07, 6.45) is 0. The Kier molecular flexibility index (Phi) is 3.20. The molecule has 10 heteroatoms. The van der Waals surface area contributed by atoms with E-state index in [9.17, 15) is 0 Å². The summed E-state index contributed by atoms with van der Waals surface area (Å²) in [7, 11) is 1.44. The number of rotatable bonds is 3. The summed E-state index contributed by atoms with van der Waals surface area (Å²) in [4.78, 5) is 11.8. The molecule has 0 saturated heterocycles. The van der Waals surface area contributed by atoms with Crippen molar-refractivity contribution in [1.82, 2.24) is 23.7 Å². The molecule has 102 valence electrons. The standard InChI is InChI=1S/C10H8ClN7OS/c1-19-10-15-8(12)14-9(16-10)13-6-4(11)2-3-5-7(6)18-20-17-5/h2-3H,1H3,(H3,12,13,14,15,16). The van der Waals surface area contributed by atoms with Gasteiger partial charge in [0.2, 0.25) is 11.9 Å². The highest BCUT2D eigenvalue weighted by Crippen LogP contribution is 2.31. The Morgan fingerprint density at radius 1 is 1.25 bits per heavy atom. The maximum absolute atomic E-state index is 6.16. The van der Waals surface area contributed by atoms with E-state index in [-0.39, 0.29) is 17.9 Å². The molecule has 2 heterocycles. The molecule has 0 radical (unpaired) electrons. The minimum atomic E-state index is 0.0408. The number of halogens is 1. The summed E-state index contributed by atoms with van der Waals surface area (Å²) in [5.74, 6) is 0.260. The van der Waals surface area contributed by atoms with E-state index in [1.54, 1.807) is 12.1 Å². The lowest BCUT2D eigenvalue weighted by Gasteiger charge is -2.08. The Balaban J connectivity index is 2.07. The van der Waals surface area contributed by atoms with Gasteiger partial charge in [-0.3, -0.25) is 0 Å². The molecule has 1 aromatic carbocycles. The van der Waals surface area contributed by atoms with Crippen molar-refractivity contribution < 1.29 is 4.74 Å². The van der Waals surface area contributed by atoms with Crippen LogP contribution in [0.3, 0.4) is 0 Å². The number of benzene rings is 1. The molecule has 0 fully saturated rings. The molecule has 3 aromatic rings. The van der Waals surface area contributed by atoms with Crippen LogP contribution in [0.1, 0.15) is 0 Å². The zero-order valence-corrected chi connectivity index (χ0v) is 11.7. The molecule has 0 aliphatic rings. The minimum absolute atomic E-state index is 0.0408. The number of aromatic nitrogens is 5. The zero-order chi connectivity index (χ0) is 14.1. The van der Waals surface area contributed by atoms with E-state index in [2.05, 4.69) is 29.0 Å². The monoisotopic (exact) mass is 309 g/mol. The lowest BCUT2D eigenvalue weighted by Crippen LogP contribution is -2.05. The van der Waals surface area contributed by atoms with Gasteiger partial charge in [0.25, 0.3) is 0 Å². The number of nitrogens with one attached hydrogen (secondary N) is 1. The summed E-state index contributed by atoms with van der Waals surface area (Å²) in [6, 6.07) is 3.61. The molecule has 3 rings (SSSR count). The first-order valence-corrected chi connectivity index (χ1v) is 6.51. The van der Waals surface area contributed by atoms with Crippen LogP contribution in [-0.2, 0) is 0 Å². The number of hydrogen-bond donors (Lipinski definition) is 2. The molecule has 3 N–H and O–H groups in total. The van der Waals surface area contributed by atoms with E-state index >= 15 is 0 Å². The smallest absolute Gasteiger partial charge is 0.322 e. The molecule has 0 saturated carbocycles. The average Bonchev–Trinajstić information content (AvgIpc) is 2.90. The quantitative estimate of drug-likeness (QED) is 0.754. The van der Waals surface area contributed by atoms with E-state index in [1.807, 2.05) is 0 Å². The van der Waals surface area contributed by atoms with Crippen molar-refractivity contribution in [2.24, 2.45) is 0 Å². The van der Waals surface area contributed by atoms with Crippen molar-refractivity contribution in [2.75, 3.05) is 18.2 Å². The van der Waals surface area contributed by atoms with Crippen molar-refractivity contribution in [3.63, 3.8) is 0 Å². The third-order valence-electron chi connectivity index (χ3n) is 2.43. The molecule has 0 aliphatic carbocycles. The first-order chi connectivity index (χ1) is 9.67. The average molecular weight is 310 g/mol. The predicted octanol–water partition coefficient (Wildman–Crippen LogP) is 1.86. The fourth-order valence-corrected chi connectivity index (χ4v) is 2.32. The molecule has 0 aliphatic heterocycles. The summed E-state index contributed by atoms with van der Waals surface area (Å²) < 4.78 is 13.3. The zero-order valence-electron chi connectivity index (χ0n) is 10.2. The van der Waals surface area contributed by atoms with Gasteiger partial charge in [-0.2, -0.15) is 23.7 Å². The highest BCUT2D eigenvalue weighted by Gasteiger charge is 2.12. The lowest BCUT2D eigenvalue weighted by atomic mass is 10.2. The SMILES string of the molecule is COc1nc(N)nc(Nc2c(Cl)ccc3nsnc23)n1. The molecule has 8 nitrogen and oxygen atoms in total. The number of nitrogens with two attached hydrogens (primary N) is 1. The van der Waals surface area contributed by atoms with E-state index in [1.165, 1.54) is 7.11 Å². The van der Waals surface area contributed by atoms with E-state index in [0.717, 1.165) is 17.2 Å². The van der Waals surface area contributed by atoms with Gasteiger partial charge in [-0.05, 0) is 12.1 Å². The second kappa shape index (κ2) is 5.02. The number of hydrogen-bond acceptors (Lipinski definition) is 9. The van der Waals surface area contributed by atoms with Crippen molar-refractivity contribution >= 4 is 51.9 Å². The molecule has 0 unspecified atom stereocenters. The Morgan fingerprint density at radius 3 is 2.90 bits per heavy atom. The molecular weight excluding hydrogens is 302 g/mol. The Bertz CT molecular complexity index is 777. The summed E-state index contributed by atoms with van der Waals surface area (Å²) >= 11 is 7.26. The van der Waals surface area contributed by atoms with Crippen LogP contribution >= 0.6 is 23.3 Å². The summed E-state index contributed by atoms with van der Waals surface area (Å²) in [5, 5.41) is 3.44. The van der Waals surface area contributed by atoms with E-state index in [4.69, 9.17) is 22.1 Å². The number of methoxy groups -OCH3 is 1. The van der Waals surface area contributed by atoms with Gasteiger partial charge in [0.1, 0.15) is 11.0 Å². The van der Waals surface area contributed by atoms with Crippen molar-refractivity contribution in [3.05, 3.63) is 17.2 Å². The van der Waals surface area contributed by atoms with Crippen molar-refractivity contribution in [1.29, 1.82) is 0 Å². The molecular formula is C10H8ClN7OS. The second-order valence-corrected chi connectivity index (χ2v) is 4.62. The van der Waals surface area contributed by atoms with Crippen molar-refractivity contribution in [3.8, 4) is 6.01 Å². The van der Waals surface area contributed by atoms with Crippen LogP contribution in [0.2, 0.25) is 5.02 Å². The van der Waals surface area contributed by atoms with E-state index in [0.29, 0.717) is 16.2 Å². The number of ether oxygens (including phenoxy) is 1. The highest BCUT2D eigenvalue weighted by molar-refractivity contribution is 7.00. The Morgan fingerprint density at radius 2 is 2.10 bits per heavy atom. The van der Waals surface area contributed by atoms with Crippen LogP contribution < -0.4 is 15.8 Å². The molecule has 0 atom stereocenters. The maximum atomic E-state index is 6.16. The molecule has 2 aromatic heterocycles. The Hall–Kier alpha value is -2.26. The summed E-state index contributed by atoms with van der Waals surface area (Å²) in [5.41, 5.74) is 7.51. The first kappa shape index (κ1) is 12.8. The molecule has 20 heavy (non-hydrogen) atoms. The van der Waals surface area contributed by atoms with Crippen LogP contribution in [0.15, 0.2) is 12.1 Å². The van der Waals surface area contributed by atoms with Crippen LogP contribution in [-0.4, -0.2) is 30.8 Å². The van der Waals surface area contributed by atoms with Gasteiger partial charge in [0.15, 0.2) is 0 Å². The largest absolute Gasteiger partial charge is 0.467 e. The molecule has 0 amide bonds. The topological polar surface area (TPSA) is 112 Å². The number of anilines is 3. The minimum Gasteiger partial charge on any atom is -0.467 e. The van der Waals surface area contributed by atoms with Gasteiger partial charge in [-0.1, -0.05) is 11.6 Å². The summed E-state index contributed by atoms with van der Waals surface area (Å²) in [6.45, 7) is 0. The third-order valence-corrected chi connectivity index (χ3v) is 3.29. The molecule has 0 spiro atoms. The van der Waals surface area contributed by atoms with Crippen LogP contribution in [0.4, 0.5) is 17.6 Å². The number of nitrogen functional groups attached to an aromatic ring is 1. The highest BCUT2D eigenvalue weighted by atomic mass is 35.5. The Labute approximate surface area is 122 Å². The third kappa shape index (κ3) is 2.28. The van der Waals surface area contributed by atoms with Crippen molar-refractivity contribution in [2.45, 2.75) is 0 Å². The predicted molar refractivity (Wildman–Crippen MR) is 76.5 cm³/mol. The van der Waals surface area contributed by atoms with Gasteiger partial charge in [-0.25, -0.2) is 0 Å². The van der Waals surface area contributed by atoms with Gasteiger partial charge < -0.3 is 15.8 Å². The fraction of sp³-hybridized carbons (Fsp3) is 0.100. The second-order valence-electron chi connectivity index (χ2n) is 3.68. The first-order valence-electron chi connectivity index (χ1n) is 5.40. The van der Waals surface area contributed by atoms with E-state index < -0.39 is 0 Å². The van der Waals surface area contributed by atoms with Gasteiger partial charge in [-0.15, -0.1) is 0 Å². The van der Waals surface area contributed by atoms with Gasteiger partial charge >= 0.3 is 6.01 Å². The lowest BCUT2D eigenvalue weighted by molar-refractivity contribution is 0.380. The van der Waals surface area contributed by atoms with Gasteiger partial charge in [0.05, 0.1) is 29.5 Å². The van der Waals surface area contributed by atoms with Gasteiger partial charge in [0, 0.05) is 0 Å². The number of nitrogens with zero attached hydrogens (tertiary/aromatic N) is 5. The normalized spacial score (nSPS) is 10.7. The van der Waals surface area contributed by atoms with Crippen LogP contribution in [0, 0.1) is 0 Å². The van der Waals surface area contributed by atoms with Crippen LogP contribution in [0.5, 0.6) is 6.01 Å².